The first-order valence-corrected chi connectivity index (χ1v) is 10.8. The number of aromatic nitrogens is 2. The molecule has 0 aliphatic rings. The van der Waals surface area contributed by atoms with E-state index in [1.165, 1.54) is 22.5 Å². The minimum Gasteiger partial charge on any atom is -0.457 e. The van der Waals surface area contributed by atoms with Gasteiger partial charge in [-0.25, -0.2) is 9.38 Å². The van der Waals surface area contributed by atoms with Crippen molar-refractivity contribution in [1.82, 2.24) is 9.38 Å². The molecule has 0 fully saturated rings. The lowest BCUT2D eigenvalue weighted by Crippen LogP contribution is -2.22. The van der Waals surface area contributed by atoms with Crippen molar-refractivity contribution in [3.8, 4) is 11.3 Å². The molecule has 3 heterocycles. The minimum atomic E-state index is -0.0646. The lowest BCUT2D eigenvalue weighted by Gasteiger charge is -2.01. The van der Waals surface area contributed by atoms with E-state index in [1.807, 2.05) is 50.2 Å². The first kappa shape index (κ1) is 18.3. The van der Waals surface area contributed by atoms with Gasteiger partial charge in [-0.2, -0.15) is 0 Å². The normalized spacial score (nSPS) is 12.5. The van der Waals surface area contributed by atoms with Crippen LogP contribution in [0.25, 0.3) is 33.4 Å². The van der Waals surface area contributed by atoms with Crippen molar-refractivity contribution < 1.29 is 4.42 Å². The third kappa shape index (κ3) is 3.03. The SMILES string of the molecule is Cc1ccc(-c2ccc(/C=c3/sc4nc5cc(C)c(C)cc5n4c3=O)o2)c(Br)c1. The van der Waals surface area contributed by atoms with Gasteiger partial charge in [-0.3, -0.25) is 4.79 Å². The van der Waals surface area contributed by atoms with Crippen LogP contribution in [0, 0.1) is 20.8 Å². The van der Waals surface area contributed by atoms with Gasteiger partial charge in [0, 0.05) is 16.1 Å². The van der Waals surface area contributed by atoms with Crippen molar-refractivity contribution in [2.45, 2.75) is 20.8 Å². The van der Waals surface area contributed by atoms with Crippen molar-refractivity contribution in [3.05, 3.63) is 84.3 Å². The lowest BCUT2D eigenvalue weighted by atomic mass is 10.1. The maximum Gasteiger partial charge on any atom is 0.275 e. The van der Waals surface area contributed by atoms with Crippen molar-refractivity contribution in [2.75, 3.05) is 0 Å². The number of hydrogen-bond acceptors (Lipinski definition) is 4. The first-order valence-electron chi connectivity index (χ1n) is 9.21. The van der Waals surface area contributed by atoms with Crippen molar-refractivity contribution in [2.24, 2.45) is 0 Å². The van der Waals surface area contributed by atoms with E-state index in [9.17, 15) is 4.79 Å². The van der Waals surface area contributed by atoms with Crippen LogP contribution in [0.2, 0.25) is 0 Å². The Morgan fingerprint density at radius 1 is 1.07 bits per heavy atom. The van der Waals surface area contributed by atoms with Crippen LogP contribution in [0.4, 0.5) is 0 Å². The summed E-state index contributed by atoms with van der Waals surface area (Å²) in [7, 11) is 0. The van der Waals surface area contributed by atoms with Crippen LogP contribution in [-0.4, -0.2) is 9.38 Å². The van der Waals surface area contributed by atoms with Gasteiger partial charge in [-0.1, -0.05) is 33.3 Å². The smallest absolute Gasteiger partial charge is 0.275 e. The predicted octanol–water partition coefficient (Wildman–Crippen LogP) is 5.40. The summed E-state index contributed by atoms with van der Waals surface area (Å²) in [6, 6.07) is 14.0. The van der Waals surface area contributed by atoms with E-state index < -0.39 is 0 Å². The summed E-state index contributed by atoms with van der Waals surface area (Å²) in [6.45, 7) is 6.15. The average Bonchev–Trinajstić information content (AvgIpc) is 3.33. The van der Waals surface area contributed by atoms with Gasteiger partial charge >= 0.3 is 0 Å². The molecule has 5 rings (SSSR count). The molecule has 0 saturated carbocycles. The largest absolute Gasteiger partial charge is 0.457 e. The molecule has 0 bridgehead atoms. The van der Waals surface area contributed by atoms with Crippen LogP contribution in [0.1, 0.15) is 22.5 Å². The van der Waals surface area contributed by atoms with Gasteiger partial charge in [0.25, 0.3) is 5.56 Å². The van der Waals surface area contributed by atoms with Gasteiger partial charge in [0.1, 0.15) is 16.1 Å². The molecule has 5 aromatic rings. The molecule has 144 valence electrons. The van der Waals surface area contributed by atoms with Crippen molar-refractivity contribution in [3.63, 3.8) is 0 Å². The maximum atomic E-state index is 13.0. The van der Waals surface area contributed by atoms with Gasteiger partial charge in [0.15, 0.2) is 4.96 Å². The standard InChI is InChI=1S/C23H17BrN2O2S/c1-12-4-6-16(17(24)8-12)20-7-5-15(28-20)11-21-22(27)26-19-10-14(3)13(2)9-18(19)25-23(26)29-21/h4-11H,1-3H3/b21-11+. The lowest BCUT2D eigenvalue weighted by molar-refractivity contribution is 0.571. The summed E-state index contributed by atoms with van der Waals surface area (Å²) in [5.74, 6) is 1.40. The van der Waals surface area contributed by atoms with Crippen LogP contribution in [-0.2, 0) is 0 Å². The van der Waals surface area contributed by atoms with Crippen molar-refractivity contribution in [1.29, 1.82) is 0 Å². The average molecular weight is 465 g/mol. The second-order valence-electron chi connectivity index (χ2n) is 7.26. The van der Waals surface area contributed by atoms with E-state index >= 15 is 0 Å². The van der Waals surface area contributed by atoms with E-state index in [0.29, 0.717) is 15.3 Å². The molecule has 0 N–H and O–H groups in total. The van der Waals surface area contributed by atoms with Crippen LogP contribution in [0.5, 0.6) is 0 Å². The zero-order valence-corrected chi connectivity index (χ0v) is 18.5. The number of hydrogen-bond donors (Lipinski definition) is 0. The summed E-state index contributed by atoms with van der Waals surface area (Å²) in [5, 5.41) is 0. The Morgan fingerprint density at radius 3 is 2.66 bits per heavy atom. The summed E-state index contributed by atoms with van der Waals surface area (Å²) in [5.41, 5.74) is 6.12. The molecule has 29 heavy (non-hydrogen) atoms. The third-order valence-electron chi connectivity index (χ3n) is 5.14. The Morgan fingerprint density at radius 2 is 1.86 bits per heavy atom. The number of thiazole rings is 1. The molecule has 2 aromatic carbocycles. The second-order valence-corrected chi connectivity index (χ2v) is 9.12. The highest BCUT2D eigenvalue weighted by molar-refractivity contribution is 9.10. The number of imidazole rings is 1. The topological polar surface area (TPSA) is 47.5 Å². The molecule has 0 spiro atoms. The highest BCUT2D eigenvalue weighted by atomic mass is 79.9. The number of furan rings is 1. The van der Waals surface area contributed by atoms with Gasteiger partial charge < -0.3 is 4.42 Å². The highest BCUT2D eigenvalue weighted by Gasteiger charge is 2.13. The quantitative estimate of drug-likeness (QED) is 0.351. The van der Waals surface area contributed by atoms with E-state index in [4.69, 9.17) is 4.42 Å². The Balaban J connectivity index is 1.63. The Hall–Kier alpha value is -2.70. The number of benzene rings is 2. The van der Waals surface area contributed by atoms with Gasteiger partial charge in [0.05, 0.1) is 11.0 Å². The fraction of sp³-hybridized carbons (Fsp3) is 0.130. The summed E-state index contributed by atoms with van der Waals surface area (Å²) in [6.07, 6.45) is 1.79. The molecular formula is C23H17BrN2O2S. The fourth-order valence-electron chi connectivity index (χ4n) is 3.44. The summed E-state index contributed by atoms with van der Waals surface area (Å²) < 4.78 is 9.28. The zero-order valence-electron chi connectivity index (χ0n) is 16.1. The van der Waals surface area contributed by atoms with E-state index in [1.54, 1.807) is 10.5 Å². The van der Waals surface area contributed by atoms with Crippen molar-refractivity contribution >= 4 is 49.3 Å². The minimum absolute atomic E-state index is 0.0646. The van der Waals surface area contributed by atoms with Gasteiger partial charge in [-0.05, 0) is 73.9 Å². The summed E-state index contributed by atoms with van der Waals surface area (Å²) in [4.78, 5) is 18.4. The molecule has 0 unspecified atom stereocenters. The molecule has 0 amide bonds. The van der Waals surface area contributed by atoms with E-state index in [0.717, 1.165) is 32.4 Å². The molecule has 0 saturated heterocycles. The van der Waals surface area contributed by atoms with Crippen LogP contribution >= 0.6 is 27.3 Å². The van der Waals surface area contributed by atoms with E-state index in [-0.39, 0.29) is 5.56 Å². The second kappa shape index (κ2) is 6.68. The first-order chi connectivity index (χ1) is 13.9. The van der Waals surface area contributed by atoms with Crippen LogP contribution in [0.3, 0.4) is 0 Å². The monoisotopic (exact) mass is 464 g/mol. The van der Waals surface area contributed by atoms with Gasteiger partial charge in [0.2, 0.25) is 0 Å². The highest BCUT2D eigenvalue weighted by Crippen LogP contribution is 2.30. The number of fused-ring (bicyclic) bond motifs is 3. The molecule has 0 atom stereocenters. The summed E-state index contributed by atoms with van der Waals surface area (Å²) >= 11 is 4.97. The Kier molecular flexibility index (Phi) is 4.22. The maximum absolute atomic E-state index is 13.0. The molecular weight excluding hydrogens is 448 g/mol. The Bertz CT molecular complexity index is 1520. The molecule has 0 aliphatic heterocycles. The molecule has 0 aliphatic carbocycles. The Labute approximate surface area is 179 Å². The van der Waals surface area contributed by atoms with E-state index in [2.05, 4.69) is 33.9 Å². The van der Waals surface area contributed by atoms with Crippen LogP contribution < -0.4 is 10.1 Å². The fourth-order valence-corrected chi connectivity index (χ4v) is 5.10. The molecule has 4 nitrogen and oxygen atoms in total. The van der Waals surface area contributed by atoms with Crippen LogP contribution in [0.15, 0.2) is 56.1 Å². The number of rotatable bonds is 2. The third-order valence-corrected chi connectivity index (χ3v) is 6.77. The number of nitrogens with zero attached hydrogens (tertiary/aromatic N) is 2. The predicted molar refractivity (Wildman–Crippen MR) is 122 cm³/mol. The number of aryl methyl sites for hydroxylation is 3. The zero-order chi connectivity index (χ0) is 20.3. The number of halogens is 1. The molecule has 0 radical (unpaired) electrons. The molecule has 6 heteroatoms. The van der Waals surface area contributed by atoms with Gasteiger partial charge in [-0.15, -0.1) is 0 Å². The molecule has 3 aromatic heterocycles.